The van der Waals surface area contributed by atoms with E-state index in [0.717, 1.165) is 4.47 Å². The van der Waals surface area contributed by atoms with Gasteiger partial charge in [-0.25, -0.2) is 0 Å². The van der Waals surface area contributed by atoms with E-state index in [4.69, 9.17) is 5.73 Å². The van der Waals surface area contributed by atoms with Gasteiger partial charge in [0.1, 0.15) is 0 Å². The van der Waals surface area contributed by atoms with Crippen LogP contribution in [0.3, 0.4) is 0 Å². The molecular formula is C13H18BrNO. The average molecular weight is 284 g/mol. The molecule has 0 amide bonds. The first kappa shape index (κ1) is 13.4. The first-order valence-corrected chi connectivity index (χ1v) is 6.12. The number of halogens is 1. The number of carbonyl (C=O) groups is 1. The molecule has 16 heavy (non-hydrogen) atoms. The summed E-state index contributed by atoms with van der Waals surface area (Å²) in [7, 11) is 0. The molecule has 0 bridgehead atoms. The van der Waals surface area contributed by atoms with Crippen LogP contribution in [-0.4, -0.2) is 11.8 Å². The highest BCUT2D eigenvalue weighted by Crippen LogP contribution is 2.30. The monoisotopic (exact) mass is 283 g/mol. The number of hydrogen-bond acceptors (Lipinski definition) is 2. The van der Waals surface area contributed by atoms with Crippen LogP contribution in [-0.2, 0) is 5.41 Å². The van der Waals surface area contributed by atoms with E-state index in [1.54, 1.807) is 6.92 Å². The summed E-state index contributed by atoms with van der Waals surface area (Å²) >= 11 is 3.51. The third-order valence-electron chi connectivity index (χ3n) is 2.48. The van der Waals surface area contributed by atoms with E-state index in [9.17, 15) is 4.79 Å². The van der Waals surface area contributed by atoms with Crippen molar-refractivity contribution in [3.05, 3.63) is 33.8 Å². The van der Waals surface area contributed by atoms with Crippen molar-refractivity contribution in [2.45, 2.75) is 39.2 Å². The molecule has 0 heterocycles. The molecule has 1 aromatic carbocycles. The van der Waals surface area contributed by atoms with E-state index < -0.39 is 6.04 Å². The van der Waals surface area contributed by atoms with Crippen LogP contribution in [0.2, 0.25) is 0 Å². The van der Waals surface area contributed by atoms with E-state index >= 15 is 0 Å². The molecule has 0 saturated carbocycles. The highest BCUT2D eigenvalue weighted by molar-refractivity contribution is 9.10. The van der Waals surface area contributed by atoms with Crippen molar-refractivity contribution < 1.29 is 4.79 Å². The number of Topliss-reactive ketones (excluding diaryl/α,β-unsaturated/α-hetero) is 1. The lowest BCUT2D eigenvalue weighted by atomic mass is 9.86. The maximum Gasteiger partial charge on any atom is 0.179 e. The van der Waals surface area contributed by atoms with Gasteiger partial charge in [0.05, 0.1) is 6.04 Å². The topological polar surface area (TPSA) is 43.1 Å². The minimum Gasteiger partial charge on any atom is -0.321 e. The summed E-state index contributed by atoms with van der Waals surface area (Å²) in [6.45, 7) is 8.12. The smallest absolute Gasteiger partial charge is 0.179 e. The van der Waals surface area contributed by atoms with Crippen LogP contribution >= 0.6 is 15.9 Å². The van der Waals surface area contributed by atoms with Gasteiger partial charge in [-0.1, -0.05) is 48.8 Å². The molecule has 2 nitrogen and oxygen atoms in total. The summed E-state index contributed by atoms with van der Waals surface area (Å²) in [6, 6.07) is 5.23. The first-order valence-electron chi connectivity index (χ1n) is 5.33. The zero-order valence-corrected chi connectivity index (χ0v) is 11.8. The number of ketones is 1. The highest BCUT2D eigenvalue weighted by atomic mass is 79.9. The van der Waals surface area contributed by atoms with Crippen LogP contribution in [0.15, 0.2) is 22.7 Å². The van der Waals surface area contributed by atoms with Gasteiger partial charge in [0.15, 0.2) is 5.78 Å². The third-order valence-corrected chi connectivity index (χ3v) is 3.13. The zero-order chi connectivity index (χ0) is 12.5. The average Bonchev–Trinajstić information content (AvgIpc) is 2.14. The molecule has 2 N–H and O–H groups in total. The van der Waals surface area contributed by atoms with Gasteiger partial charge < -0.3 is 5.73 Å². The molecule has 0 aliphatic carbocycles. The number of carbonyl (C=O) groups excluding carboxylic acids is 1. The second-order valence-corrected chi connectivity index (χ2v) is 5.95. The van der Waals surface area contributed by atoms with Crippen molar-refractivity contribution in [3.8, 4) is 0 Å². The predicted octanol–water partition coefficient (Wildman–Crippen LogP) is 3.28. The van der Waals surface area contributed by atoms with Crippen LogP contribution in [0.5, 0.6) is 0 Å². The molecule has 0 saturated heterocycles. The standard InChI is InChI=1S/C13H18BrNO/c1-8(15)12(16)9-5-6-10(11(14)7-9)13(2,3)4/h5-8H,15H2,1-4H3. The first-order chi connectivity index (χ1) is 7.23. The zero-order valence-electron chi connectivity index (χ0n) is 10.2. The molecule has 3 heteroatoms. The number of rotatable bonds is 2. The Labute approximate surface area is 105 Å². The van der Waals surface area contributed by atoms with Gasteiger partial charge in [0.25, 0.3) is 0 Å². The Morgan fingerprint density at radius 1 is 1.38 bits per heavy atom. The van der Waals surface area contributed by atoms with Gasteiger partial charge in [-0.3, -0.25) is 4.79 Å². The van der Waals surface area contributed by atoms with Crippen molar-refractivity contribution in [1.29, 1.82) is 0 Å². The molecule has 1 aromatic rings. The summed E-state index contributed by atoms with van der Waals surface area (Å²) in [5.74, 6) is -0.0267. The fraction of sp³-hybridized carbons (Fsp3) is 0.462. The Balaban J connectivity index is 3.15. The van der Waals surface area contributed by atoms with E-state index in [-0.39, 0.29) is 11.2 Å². The van der Waals surface area contributed by atoms with E-state index in [1.807, 2.05) is 18.2 Å². The fourth-order valence-corrected chi connectivity index (χ4v) is 2.51. The predicted molar refractivity (Wildman–Crippen MR) is 70.8 cm³/mol. The van der Waals surface area contributed by atoms with Crippen molar-refractivity contribution in [2.75, 3.05) is 0 Å². The molecule has 0 radical (unpaired) electrons. The number of nitrogens with two attached hydrogens (primary N) is 1. The molecule has 1 atom stereocenters. The van der Waals surface area contributed by atoms with Gasteiger partial charge in [-0.05, 0) is 24.0 Å². The summed E-state index contributed by atoms with van der Waals surface area (Å²) in [6.07, 6.45) is 0. The van der Waals surface area contributed by atoms with Gasteiger partial charge in [0.2, 0.25) is 0 Å². The van der Waals surface area contributed by atoms with E-state index in [1.165, 1.54) is 5.56 Å². The molecule has 1 unspecified atom stereocenters. The van der Waals surface area contributed by atoms with Crippen LogP contribution in [0, 0.1) is 0 Å². The maximum absolute atomic E-state index is 11.7. The van der Waals surface area contributed by atoms with Crippen LogP contribution in [0.4, 0.5) is 0 Å². The molecule has 1 rings (SSSR count). The molecular weight excluding hydrogens is 266 g/mol. The molecule has 0 aliphatic heterocycles. The van der Waals surface area contributed by atoms with Crippen LogP contribution < -0.4 is 5.73 Å². The Morgan fingerprint density at radius 3 is 2.31 bits per heavy atom. The van der Waals surface area contributed by atoms with Gasteiger partial charge in [-0.2, -0.15) is 0 Å². The summed E-state index contributed by atoms with van der Waals surface area (Å²) in [5, 5.41) is 0. The van der Waals surface area contributed by atoms with Crippen molar-refractivity contribution in [1.82, 2.24) is 0 Å². The summed E-state index contributed by atoms with van der Waals surface area (Å²) in [4.78, 5) is 11.7. The molecule has 0 spiro atoms. The minimum absolute atomic E-state index is 0.0267. The summed E-state index contributed by atoms with van der Waals surface area (Å²) < 4.78 is 0.964. The normalized spacial score (nSPS) is 13.6. The maximum atomic E-state index is 11.7. The van der Waals surface area contributed by atoms with Crippen LogP contribution in [0.1, 0.15) is 43.6 Å². The van der Waals surface area contributed by atoms with Crippen molar-refractivity contribution in [2.24, 2.45) is 5.73 Å². The van der Waals surface area contributed by atoms with Gasteiger partial charge >= 0.3 is 0 Å². The van der Waals surface area contributed by atoms with Crippen LogP contribution in [0.25, 0.3) is 0 Å². The SMILES string of the molecule is CC(N)C(=O)c1ccc(C(C)(C)C)c(Br)c1. The minimum atomic E-state index is -0.451. The van der Waals surface area contributed by atoms with Crippen molar-refractivity contribution >= 4 is 21.7 Å². The largest absolute Gasteiger partial charge is 0.321 e. The highest BCUT2D eigenvalue weighted by Gasteiger charge is 2.19. The lowest BCUT2D eigenvalue weighted by Gasteiger charge is -2.21. The number of hydrogen-bond donors (Lipinski definition) is 1. The van der Waals surface area contributed by atoms with E-state index in [2.05, 4.69) is 36.7 Å². The summed E-state index contributed by atoms with van der Waals surface area (Å²) in [5.41, 5.74) is 7.49. The Morgan fingerprint density at radius 2 is 1.94 bits per heavy atom. The second-order valence-electron chi connectivity index (χ2n) is 5.10. The lowest BCUT2D eigenvalue weighted by Crippen LogP contribution is -2.26. The second kappa shape index (κ2) is 4.68. The quantitative estimate of drug-likeness (QED) is 0.847. The van der Waals surface area contributed by atoms with Gasteiger partial charge in [-0.15, -0.1) is 0 Å². The van der Waals surface area contributed by atoms with Crippen molar-refractivity contribution in [3.63, 3.8) is 0 Å². The Hall–Kier alpha value is -0.670. The van der Waals surface area contributed by atoms with Gasteiger partial charge in [0, 0.05) is 10.0 Å². The molecule has 88 valence electrons. The molecule has 0 aliphatic rings. The number of benzene rings is 1. The molecule has 0 aromatic heterocycles. The van der Waals surface area contributed by atoms with E-state index in [0.29, 0.717) is 5.56 Å². The fourth-order valence-electron chi connectivity index (χ4n) is 1.54. The Kier molecular flexibility index (Phi) is 3.92. The Bertz CT molecular complexity index is 405. The third kappa shape index (κ3) is 2.92. The molecule has 0 fully saturated rings. The lowest BCUT2D eigenvalue weighted by molar-refractivity contribution is 0.0968.